The van der Waals surface area contributed by atoms with Crippen molar-refractivity contribution in [1.29, 1.82) is 0 Å². The number of alkyl halides is 3. The summed E-state index contributed by atoms with van der Waals surface area (Å²) in [5.74, 6) is -1.32. The second kappa shape index (κ2) is 5.48. The molecule has 1 amide bonds. The third-order valence-corrected chi connectivity index (χ3v) is 4.59. The van der Waals surface area contributed by atoms with E-state index in [1.54, 1.807) is 54.6 Å². The lowest BCUT2D eigenvalue weighted by Gasteiger charge is -2.13. The monoisotopic (exact) mass is 353 g/mol. The predicted octanol–water partition coefficient (Wildman–Crippen LogP) is 3.57. The van der Waals surface area contributed by atoms with Gasteiger partial charge in [-0.3, -0.25) is 4.79 Å². The highest BCUT2D eigenvalue weighted by atomic mass is 32.2. The van der Waals surface area contributed by atoms with Crippen molar-refractivity contribution in [3.05, 3.63) is 60.2 Å². The Hall–Kier alpha value is -2.61. The maximum absolute atomic E-state index is 12.5. The summed E-state index contributed by atoms with van der Waals surface area (Å²) in [5.41, 5.74) is -5.68. The molecule has 0 spiro atoms. The van der Waals surface area contributed by atoms with E-state index in [1.165, 1.54) is 0 Å². The van der Waals surface area contributed by atoms with Gasteiger partial charge in [0.05, 0.1) is 5.56 Å². The zero-order valence-electron chi connectivity index (χ0n) is 12.0. The minimum atomic E-state index is -5.78. The largest absolute Gasteiger partial charge is 0.516 e. The first-order valence-electron chi connectivity index (χ1n) is 6.74. The number of amides is 1. The number of benzene rings is 3. The maximum Gasteiger partial charge on any atom is 0.516 e. The molecule has 0 fully saturated rings. The second-order valence-electron chi connectivity index (χ2n) is 5.07. The Morgan fingerprint density at radius 2 is 1.33 bits per heavy atom. The Morgan fingerprint density at radius 3 is 1.79 bits per heavy atom. The molecule has 0 aromatic heterocycles. The Labute approximate surface area is 134 Å². The Balaban J connectivity index is 2.25. The summed E-state index contributed by atoms with van der Waals surface area (Å²) in [6.07, 6.45) is 0. The van der Waals surface area contributed by atoms with Gasteiger partial charge in [0.15, 0.2) is 0 Å². The van der Waals surface area contributed by atoms with E-state index in [1.807, 2.05) is 0 Å². The van der Waals surface area contributed by atoms with Crippen LogP contribution < -0.4 is 4.72 Å². The van der Waals surface area contributed by atoms with Gasteiger partial charge in [-0.1, -0.05) is 48.5 Å². The van der Waals surface area contributed by atoms with Crippen molar-refractivity contribution in [1.82, 2.24) is 4.72 Å². The molecule has 3 rings (SSSR count). The zero-order valence-corrected chi connectivity index (χ0v) is 12.8. The van der Waals surface area contributed by atoms with Crippen LogP contribution in [0.15, 0.2) is 54.6 Å². The first-order valence-corrected chi connectivity index (χ1v) is 8.23. The van der Waals surface area contributed by atoms with Gasteiger partial charge in [-0.25, -0.2) is 4.72 Å². The first-order chi connectivity index (χ1) is 11.2. The van der Waals surface area contributed by atoms with Crippen LogP contribution in [-0.2, 0) is 10.0 Å². The van der Waals surface area contributed by atoms with Crippen molar-refractivity contribution in [2.24, 2.45) is 0 Å². The van der Waals surface area contributed by atoms with Gasteiger partial charge in [0, 0.05) is 0 Å². The van der Waals surface area contributed by atoms with Gasteiger partial charge in [-0.05, 0) is 27.6 Å². The molecule has 0 aliphatic rings. The lowest BCUT2D eigenvalue weighted by atomic mass is 9.96. The van der Waals surface area contributed by atoms with E-state index in [0.717, 1.165) is 4.72 Å². The number of rotatable bonds is 2. The molecule has 0 saturated heterocycles. The Kier molecular flexibility index (Phi) is 3.71. The average Bonchev–Trinajstić information content (AvgIpc) is 2.50. The van der Waals surface area contributed by atoms with Gasteiger partial charge in [0.25, 0.3) is 5.91 Å². The van der Waals surface area contributed by atoms with Crippen LogP contribution >= 0.6 is 0 Å². The number of carbonyl (C=O) groups excluding carboxylic acids is 1. The topological polar surface area (TPSA) is 63.2 Å². The van der Waals surface area contributed by atoms with Crippen LogP contribution in [0.25, 0.3) is 21.5 Å². The van der Waals surface area contributed by atoms with E-state index < -0.39 is 21.4 Å². The van der Waals surface area contributed by atoms with E-state index in [-0.39, 0.29) is 5.56 Å². The van der Waals surface area contributed by atoms with E-state index in [0.29, 0.717) is 21.5 Å². The summed E-state index contributed by atoms with van der Waals surface area (Å²) in [6.45, 7) is 0. The summed E-state index contributed by atoms with van der Waals surface area (Å²) in [4.78, 5) is 12.3. The number of sulfonamides is 1. The van der Waals surface area contributed by atoms with Crippen molar-refractivity contribution in [3.8, 4) is 0 Å². The molecule has 0 saturated carbocycles. The molecule has 0 unspecified atom stereocenters. The summed E-state index contributed by atoms with van der Waals surface area (Å²) in [6, 6.07) is 14.9. The van der Waals surface area contributed by atoms with Gasteiger partial charge in [-0.2, -0.15) is 21.6 Å². The number of hydrogen-bond acceptors (Lipinski definition) is 3. The maximum atomic E-state index is 12.5. The van der Waals surface area contributed by atoms with Gasteiger partial charge in [0.1, 0.15) is 0 Å². The van der Waals surface area contributed by atoms with Crippen LogP contribution in [0.1, 0.15) is 10.4 Å². The van der Waals surface area contributed by atoms with Crippen LogP contribution in [-0.4, -0.2) is 19.8 Å². The van der Waals surface area contributed by atoms with Gasteiger partial charge < -0.3 is 0 Å². The van der Waals surface area contributed by atoms with Crippen LogP contribution in [0.3, 0.4) is 0 Å². The number of halogens is 3. The van der Waals surface area contributed by atoms with E-state index in [2.05, 4.69) is 0 Å². The molecule has 8 heteroatoms. The number of fused-ring (bicyclic) bond motifs is 2. The van der Waals surface area contributed by atoms with Crippen molar-refractivity contribution in [3.63, 3.8) is 0 Å². The van der Waals surface area contributed by atoms with E-state index in [4.69, 9.17) is 0 Å². The van der Waals surface area contributed by atoms with Crippen molar-refractivity contribution >= 4 is 37.5 Å². The van der Waals surface area contributed by atoms with Crippen molar-refractivity contribution in [2.45, 2.75) is 5.51 Å². The fourth-order valence-corrected chi connectivity index (χ4v) is 2.95. The highest BCUT2D eigenvalue weighted by molar-refractivity contribution is 7.90. The number of carbonyl (C=O) groups is 1. The fraction of sp³-hybridized carbons (Fsp3) is 0.0625. The van der Waals surface area contributed by atoms with E-state index in [9.17, 15) is 26.4 Å². The SMILES string of the molecule is O=C(NS(=O)(=O)C(F)(F)F)c1c2ccccc2cc2ccccc12. The van der Waals surface area contributed by atoms with Crippen LogP contribution in [0.2, 0.25) is 0 Å². The minimum Gasteiger partial charge on any atom is -0.268 e. The molecule has 1 N–H and O–H groups in total. The molecule has 0 radical (unpaired) electrons. The second-order valence-corrected chi connectivity index (χ2v) is 6.75. The lowest BCUT2D eigenvalue weighted by Crippen LogP contribution is -2.40. The molecule has 4 nitrogen and oxygen atoms in total. The molecule has 0 aliphatic heterocycles. The standard InChI is InChI=1S/C16H10F3NO3S/c17-16(18,19)24(22,23)20-15(21)14-12-7-3-1-5-10(12)9-11-6-2-4-8-13(11)14/h1-9H,(H,20,21). The summed E-state index contributed by atoms with van der Waals surface area (Å²) in [7, 11) is -5.78. The average molecular weight is 353 g/mol. The molecular weight excluding hydrogens is 343 g/mol. The van der Waals surface area contributed by atoms with Crippen molar-refractivity contribution in [2.75, 3.05) is 0 Å². The number of nitrogens with one attached hydrogen (secondary N) is 1. The Morgan fingerprint density at radius 1 is 0.875 bits per heavy atom. The zero-order chi connectivity index (χ0) is 17.5. The lowest BCUT2D eigenvalue weighted by molar-refractivity contribution is -0.0446. The van der Waals surface area contributed by atoms with Crippen molar-refractivity contribution < 1.29 is 26.4 Å². The molecular formula is C16H10F3NO3S. The Bertz CT molecular complexity index is 1010. The fourth-order valence-electron chi connectivity index (χ4n) is 2.49. The van der Waals surface area contributed by atoms with Crippen LogP contribution in [0.4, 0.5) is 13.2 Å². The molecule has 0 heterocycles. The highest BCUT2D eigenvalue weighted by Gasteiger charge is 2.47. The molecule has 3 aromatic carbocycles. The predicted molar refractivity (Wildman–Crippen MR) is 83.9 cm³/mol. The van der Waals surface area contributed by atoms with Crippen LogP contribution in [0.5, 0.6) is 0 Å². The quantitative estimate of drug-likeness (QED) is 0.717. The summed E-state index contributed by atoms with van der Waals surface area (Å²) >= 11 is 0. The molecule has 0 aliphatic carbocycles. The minimum absolute atomic E-state index is 0.114. The molecule has 0 atom stereocenters. The highest BCUT2D eigenvalue weighted by Crippen LogP contribution is 2.29. The third-order valence-electron chi connectivity index (χ3n) is 3.53. The molecule has 0 bridgehead atoms. The third kappa shape index (κ3) is 2.69. The van der Waals surface area contributed by atoms with Gasteiger partial charge >= 0.3 is 15.5 Å². The van der Waals surface area contributed by atoms with Gasteiger partial charge in [0.2, 0.25) is 0 Å². The smallest absolute Gasteiger partial charge is 0.268 e. The normalized spacial score (nSPS) is 12.5. The van der Waals surface area contributed by atoms with Gasteiger partial charge in [-0.15, -0.1) is 0 Å². The number of hydrogen-bond donors (Lipinski definition) is 1. The summed E-state index contributed by atoms with van der Waals surface area (Å²) in [5, 5.41) is 1.97. The summed E-state index contributed by atoms with van der Waals surface area (Å²) < 4.78 is 61.2. The van der Waals surface area contributed by atoms with Crippen LogP contribution in [0, 0.1) is 0 Å². The molecule has 124 valence electrons. The molecule has 24 heavy (non-hydrogen) atoms. The first kappa shape index (κ1) is 16.3. The molecule has 3 aromatic rings. The van der Waals surface area contributed by atoms with E-state index >= 15 is 0 Å².